The number of rotatable bonds is 2. The van der Waals surface area contributed by atoms with E-state index in [4.69, 9.17) is 4.74 Å². The summed E-state index contributed by atoms with van der Waals surface area (Å²) in [4.78, 5) is 11.7. The molecule has 0 saturated heterocycles. The largest absolute Gasteiger partial charge is 0.508 e. The third-order valence-corrected chi connectivity index (χ3v) is 3.07. The number of hydrogen-bond donors (Lipinski definition) is 2. The second-order valence-corrected chi connectivity index (χ2v) is 6.21. The number of hydrogen-bond acceptors (Lipinski definition) is 3. The zero-order chi connectivity index (χ0) is 16.3. The average Bonchev–Trinajstić information content (AvgIpc) is 2.40. The maximum absolute atomic E-state index is 11.7. The number of benzene rings is 2. The zero-order valence-corrected chi connectivity index (χ0v) is 13.3. The highest BCUT2D eigenvalue weighted by Gasteiger charge is 2.16. The minimum absolute atomic E-state index is 0.272. The molecule has 0 atom stereocenters. The summed E-state index contributed by atoms with van der Waals surface area (Å²) in [5.74, 6) is 0.272. The third kappa shape index (κ3) is 4.25. The van der Waals surface area contributed by atoms with E-state index in [1.807, 2.05) is 52.0 Å². The van der Waals surface area contributed by atoms with E-state index in [1.54, 1.807) is 18.2 Å². The molecule has 0 aliphatic rings. The van der Waals surface area contributed by atoms with Gasteiger partial charge in [0.05, 0.1) is 0 Å². The fourth-order valence-corrected chi connectivity index (χ4v) is 1.96. The van der Waals surface area contributed by atoms with Crippen LogP contribution in [0.1, 0.15) is 26.3 Å². The van der Waals surface area contributed by atoms with Gasteiger partial charge in [-0.2, -0.15) is 0 Å². The minimum atomic E-state index is -0.524. The monoisotopic (exact) mass is 299 g/mol. The van der Waals surface area contributed by atoms with Gasteiger partial charge in [0, 0.05) is 5.69 Å². The molecule has 0 saturated carbocycles. The highest BCUT2D eigenvalue weighted by atomic mass is 16.6. The van der Waals surface area contributed by atoms with Crippen molar-refractivity contribution >= 4 is 11.8 Å². The van der Waals surface area contributed by atoms with Gasteiger partial charge in [-0.25, -0.2) is 4.79 Å². The Morgan fingerprint density at radius 1 is 1.05 bits per heavy atom. The lowest BCUT2D eigenvalue weighted by molar-refractivity contribution is 0.0636. The van der Waals surface area contributed by atoms with Crippen LogP contribution in [0.3, 0.4) is 0 Å². The molecule has 0 unspecified atom stereocenters. The summed E-state index contributed by atoms with van der Waals surface area (Å²) in [6, 6.07) is 12.9. The molecule has 0 fully saturated rings. The Balaban J connectivity index is 2.10. The third-order valence-electron chi connectivity index (χ3n) is 3.07. The number of carbonyl (C=O) groups excluding carboxylic acids is 1. The first-order chi connectivity index (χ1) is 10.2. The van der Waals surface area contributed by atoms with E-state index in [9.17, 15) is 9.90 Å². The van der Waals surface area contributed by atoms with Crippen LogP contribution in [0.25, 0.3) is 11.1 Å². The molecule has 0 heterocycles. The first-order valence-corrected chi connectivity index (χ1v) is 7.15. The first-order valence-electron chi connectivity index (χ1n) is 7.15. The van der Waals surface area contributed by atoms with Gasteiger partial charge in [0.2, 0.25) is 0 Å². The first kappa shape index (κ1) is 15.9. The number of amides is 1. The van der Waals surface area contributed by atoms with Gasteiger partial charge in [0.1, 0.15) is 11.4 Å². The summed E-state index contributed by atoms with van der Waals surface area (Å²) >= 11 is 0. The lowest BCUT2D eigenvalue weighted by Gasteiger charge is -2.19. The maximum atomic E-state index is 11.7. The van der Waals surface area contributed by atoms with Gasteiger partial charge < -0.3 is 9.84 Å². The van der Waals surface area contributed by atoms with Crippen molar-refractivity contribution in [1.29, 1.82) is 0 Å². The number of carbonyl (C=O) groups is 1. The number of ether oxygens (including phenoxy) is 1. The maximum Gasteiger partial charge on any atom is 0.412 e. The summed E-state index contributed by atoms with van der Waals surface area (Å²) < 4.78 is 5.20. The number of phenols is 1. The van der Waals surface area contributed by atoms with E-state index in [0.29, 0.717) is 5.69 Å². The topological polar surface area (TPSA) is 58.6 Å². The van der Waals surface area contributed by atoms with E-state index in [2.05, 4.69) is 5.32 Å². The number of phenolic OH excluding ortho intramolecular Hbond substituents is 1. The second kappa shape index (κ2) is 6.10. The van der Waals surface area contributed by atoms with E-state index in [1.165, 1.54) is 0 Å². The van der Waals surface area contributed by atoms with Crippen LogP contribution in [-0.2, 0) is 4.74 Å². The molecule has 2 N–H and O–H groups in total. The van der Waals surface area contributed by atoms with Gasteiger partial charge in [-0.1, -0.05) is 24.3 Å². The summed E-state index contributed by atoms with van der Waals surface area (Å²) in [5.41, 5.74) is 2.86. The van der Waals surface area contributed by atoms with Crippen molar-refractivity contribution in [2.75, 3.05) is 5.32 Å². The molecule has 0 aliphatic carbocycles. The van der Waals surface area contributed by atoms with E-state index in [-0.39, 0.29) is 5.75 Å². The summed E-state index contributed by atoms with van der Waals surface area (Å²) in [7, 11) is 0. The van der Waals surface area contributed by atoms with Gasteiger partial charge >= 0.3 is 6.09 Å². The molecule has 2 aromatic carbocycles. The summed E-state index contributed by atoms with van der Waals surface area (Å²) in [6.45, 7) is 7.31. The lowest BCUT2D eigenvalue weighted by Crippen LogP contribution is -2.27. The van der Waals surface area contributed by atoms with Crippen LogP contribution in [0.15, 0.2) is 42.5 Å². The zero-order valence-electron chi connectivity index (χ0n) is 13.3. The molecule has 4 heteroatoms. The van der Waals surface area contributed by atoms with Gasteiger partial charge in [0.25, 0.3) is 0 Å². The van der Waals surface area contributed by atoms with Gasteiger partial charge in [-0.15, -0.1) is 0 Å². The van der Waals surface area contributed by atoms with Crippen LogP contribution in [0, 0.1) is 6.92 Å². The molecule has 0 spiro atoms. The molecule has 0 bridgehead atoms. The highest BCUT2D eigenvalue weighted by molar-refractivity contribution is 5.85. The molecule has 0 aliphatic heterocycles. The van der Waals surface area contributed by atoms with Crippen LogP contribution >= 0.6 is 0 Å². The van der Waals surface area contributed by atoms with Crippen molar-refractivity contribution < 1.29 is 14.6 Å². The van der Waals surface area contributed by atoms with E-state index in [0.717, 1.165) is 16.7 Å². The van der Waals surface area contributed by atoms with Crippen LogP contribution in [0.5, 0.6) is 5.75 Å². The van der Waals surface area contributed by atoms with Crippen LogP contribution in [-0.4, -0.2) is 16.8 Å². The van der Waals surface area contributed by atoms with Crippen molar-refractivity contribution in [2.24, 2.45) is 0 Å². The Bertz CT molecular complexity index is 670. The Morgan fingerprint density at radius 3 is 2.18 bits per heavy atom. The van der Waals surface area contributed by atoms with Crippen molar-refractivity contribution in [2.45, 2.75) is 33.3 Å². The molecule has 0 aromatic heterocycles. The van der Waals surface area contributed by atoms with Gasteiger partial charge in [-0.05, 0) is 62.6 Å². The molecule has 116 valence electrons. The summed E-state index contributed by atoms with van der Waals surface area (Å²) in [6.07, 6.45) is -0.478. The fourth-order valence-electron chi connectivity index (χ4n) is 1.96. The molecule has 22 heavy (non-hydrogen) atoms. The van der Waals surface area contributed by atoms with Crippen LogP contribution in [0.4, 0.5) is 10.5 Å². The smallest absolute Gasteiger partial charge is 0.412 e. The molecule has 2 rings (SSSR count). The van der Waals surface area contributed by atoms with Gasteiger partial charge in [-0.3, -0.25) is 5.32 Å². The standard InChI is InChI=1S/C18H21NO3/c1-12-5-6-14(11-16(12)20)13-7-9-15(10-8-13)19-17(21)22-18(2,3)4/h5-11,20H,1-4H3,(H,19,21). The SMILES string of the molecule is Cc1ccc(-c2ccc(NC(=O)OC(C)(C)C)cc2)cc1O. The molecular weight excluding hydrogens is 278 g/mol. The number of aromatic hydroxyl groups is 1. The number of aryl methyl sites for hydroxylation is 1. The van der Waals surface area contributed by atoms with E-state index < -0.39 is 11.7 Å². The van der Waals surface area contributed by atoms with Crippen molar-refractivity contribution in [3.05, 3.63) is 48.0 Å². The van der Waals surface area contributed by atoms with Crippen molar-refractivity contribution in [1.82, 2.24) is 0 Å². The molecule has 1 amide bonds. The molecule has 2 aromatic rings. The Hall–Kier alpha value is -2.49. The molecule has 0 radical (unpaired) electrons. The fraction of sp³-hybridized carbons (Fsp3) is 0.278. The minimum Gasteiger partial charge on any atom is -0.508 e. The Labute approximate surface area is 130 Å². The predicted molar refractivity (Wildman–Crippen MR) is 88.1 cm³/mol. The Kier molecular flexibility index (Phi) is 4.40. The predicted octanol–water partition coefficient (Wildman–Crippen LogP) is 4.71. The van der Waals surface area contributed by atoms with E-state index >= 15 is 0 Å². The highest BCUT2D eigenvalue weighted by Crippen LogP contribution is 2.27. The normalized spacial score (nSPS) is 11.1. The number of nitrogens with one attached hydrogen (secondary N) is 1. The van der Waals surface area contributed by atoms with Crippen molar-refractivity contribution in [3.63, 3.8) is 0 Å². The Morgan fingerprint density at radius 2 is 1.64 bits per heavy atom. The van der Waals surface area contributed by atoms with Crippen LogP contribution in [0.2, 0.25) is 0 Å². The number of anilines is 1. The molecular formula is C18H21NO3. The second-order valence-electron chi connectivity index (χ2n) is 6.21. The quantitative estimate of drug-likeness (QED) is 0.844. The molecule has 4 nitrogen and oxygen atoms in total. The van der Waals surface area contributed by atoms with Crippen molar-refractivity contribution in [3.8, 4) is 16.9 Å². The lowest BCUT2D eigenvalue weighted by atomic mass is 10.0. The summed E-state index contributed by atoms with van der Waals surface area (Å²) in [5, 5.41) is 12.5. The van der Waals surface area contributed by atoms with Gasteiger partial charge in [0.15, 0.2) is 0 Å². The average molecular weight is 299 g/mol. The van der Waals surface area contributed by atoms with Crippen LogP contribution < -0.4 is 5.32 Å².